The van der Waals surface area contributed by atoms with Crippen LogP contribution in [-0.4, -0.2) is 0 Å². The van der Waals surface area contributed by atoms with E-state index in [9.17, 15) is 0 Å². The number of fused-ring (bicyclic) bond motifs is 8. The number of para-hydroxylation sites is 1. The van der Waals surface area contributed by atoms with Crippen LogP contribution in [0.3, 0.4) is 0 Å². The van der Waals surface area contributed by atoms with Crippen LogP contribution in [-0.2, 0) is 6.42 Å². The molecule has 8 rings (SSSR count). The summed E-state index contributed by atoms with van der Waals surface area (Å²) in [6.07, 6.45) is 2.90. The Bertz CT molecular complexity index is 2320. The Balaban J connectivity index is 1.24. The second kappa shape index (κ2) is 10.3. The van der Waals surface area contributed by atoms with Crippen molar-refractivity contribution in [3.05, 3.63) is 163 Å². The van der Waals surface area contributed by atoms with E-state index >= 15 is 0 Å². The van der Waals surface area contributed by atoms with Crippen molar-refractivity contribution in [2.45, 2.75) is 6.42 Å². The van der Waals surface area contributed by atoms with Gasteiger partial charge < -0.3 is 10.2 Å². The maximum atomic E-state index is 6.79. The molecule has 0 aliphatic heterocycles. The summed E-state index contributed by atoms with van der Waals surface area (Å²) in [6, 6.07) is 51.2. The van der Waals surface area contributed by atoms with Crippen LogP contribution in [0.2, 0.25) is 0 Å². The SMILES string of the molecule is N/C(=C\Cc1ccccc1)c1cccc(-c2cccc(-c3cccc4c3oc3c5ccccc5c5ccccc5c43)c2)c1. The molecule has 0 spiro atoms. The third-order valence-electron chi connectivity index (χ3n) is 8.48. The first-order valence-corrected chi connectivity index (χ1v) is 14.7. The molecule has 0 aliphatic carbocycles. The highest BCUT2D eigenvalue weighted by Gasteiger charge is 2.18. The van der Waals surface area contributed by atoms with Gasteiger partial charge in [0.25, 0.3) is 0 Å². The predicted molar refractivity (Wildman–Crippen MR) is 182 cm³/mol. The molecule has 0 fully saturated rings. The number of hydrogen-bond donors (Lipinski definition) is 1. The molecule has 2 heteroatoms. The Morgan fingerprint density at radius 1 is 0.512 bits per heavy atom. The lowest BCUT2D eigenvalue weighted by Crippen LogP contribution is -1.97. The van der Waals surface area contributed by atoms with Gasteiger partial charge in [-0.15, -0.1) is 0 Å². The molecule has 0 radical (unpaired) electrons. The van der Waals surface area contributed by atoms with Crippen LogP contribution >= 0.6 is 0 Å². The molecular formula is C41H29NO. The Morgan fingerprint density at radius 2 is 1.12 bits per heavy atom. The van der Waals surface area contributed by atoms with E-state index in [1.807, 2.05) is 6.07 Å². The molecule has 8 aromatic rings. The molecule has 0 atom stereocenters. The predicted octanol–water partition coefficient (Wildman–Crippen LogP) is 10.8. The van der Waals surface area contributed by atoms with Gasteiger partial charge in [0.15, 0.2) is 0 Å². The van der Waals surface area contributed by atoms with Crippen LogP contribution in [0, 0.1) is 0 Å². The summed E-state index contributed by atoms with van der Waals surface area (Å²) < 4.78 is 6.79. The van der Waals surface area contributed by atoms with E-state index in [-0.39, 0.29) is 0 Å². The van der Waals surface area contributed by atoms with Gasteiger partial charge >= 0.3 is 0 Å². The molecule has 0 bridgehead atoms. The van der Waals surface area contributed by atoms with Crippen LogP contribution in [0.1, 0.15) is 11.1 Å². The lowest BCUT2D eigenvalue weighted by molar-refractivity contribution is 0.674. The highest BCUT2D eigenvalue weighted by Crippen LogP contribution is 2.43. The number of furan rings is 1. The quantitative estimate of drug-likeness (QED) is 0.216. The molecule has 0 amide bonds. The van der Waals surface area contributed by atoms with Gasteiger partial charge in [0, 0.05) is 27.4 Å². The molecule has 2 nitrogen and oxygen atoms in total. The van der Waals surface area contributed by atoms with Crippen molar-refractivity contribution in [2.24, 2.45) is 5.73 Å². The minimum absolute atomic E-state index is 0.786. The molecule has 204 valence electrons. The standard InChI is InChI=1S/C41H29NO/c42-38(24-23-27-11-2-1-3-12-27)31-16-9-14-29(26-31)28-13-8-15-30(25-28)32-21-10-22-37-39-35-19-6-4-17-33(35)34-18-5-7-20-36(34)41(39)43-40(32)37/h1-22,24-26H,23,42H2/b38-24-. The summed E-state index contributed by atoms with van der Waals surface area (Å²) >= 11 is 0. The fourth-order valence-electron chi connectivity index (χ4n) is 6.36. The topological polar surface area (TPSA) is 39.2 Å². The zero-order valence-corrected chi connectivity index (χ0v) is 23.6. The monoisotopic (exact) mass is 551 g/mol. The van der Waals surface area contributed by atoms with Crippen molar-refractivity contribution in [1.82, 2.24) is 0 Å². The van der Waals surface area contributed by atoms with Crippen molar-refractivity contribution in [2.75, 3.05) is 0 Å². The zero-order valence-electron chi connectivity index (χ0n) is 23.6. The van der Waals surface area contributed by atoms with Gasteiger partial charge in [-0.25, -0.2) is 0 Å². The van der Waals surface area contributed by atoms with E-state index in [1.165, 1.54) is 27.1 Å². The maximum absolute atomic E-state index is 6.79. The van der Waals surface area contributed by atoms with Gasteiger partial charge in [0.05, 0.1) is 0 Å². The van der Waals surface area contributed by atoms with Crippen molar-refractivity contribution in [3.63, 3.8) is 0 Å². The van der Waals surface area contributed by atoms with E-state index in [4.69, 9.17) is 10.2 Å². The normalized spacial score (nSPS) is 12.0. The highest BCUT2D eigenvalue weighted by molar-refractivity contribution is 6.30. The number of hydrogen-bond acceptors (Lipinski definition) is 2. The summed E-state index contributed by atoms with van der Waals surface area (Å²) in [5.41, 5.74) is 15.9. The summed E-state index contributed by atoms with van der Waals surface area (Å²) in [6.45, 7) is 0. The van der Waals surface area contributed by atoms with E-state index in [0.717, 1.165) is 61.9 Å². The van der Waals surface area contributed by atoms with Crippen LogP contribution in [0.4, 0.5) is 0 Å². The van der Waals surface area contributed by atoms with Crippen LogP contribution < -0.4 is 5.73 Å². The second-order valence-electron chi connectivity index (χ2n) is 11.1. The largest absolute Gasteiger partial charge is 0.455 e. The molecule has 2 N–H and O–H groups in total. The first-order valence-electron chi connectivity index (χ1n) is 14.7. The minimum atomic E-state index is 0.786. The smallest absolute Gasteiger partial charge is 0.143 e. The van der Waals surface area contributed by atoms with Gasteiger partial charge in [0.1, 0.15) is 11.2 Å². The number of rotatable bonds is 5. The lowest BCUT2D eigenvalue weighted by atomic mass is 9.94. The molecule has 7 aromatic carbocycles. The van der Waals surface area contributed by atoms with Crippen molar-refractivity contribution in [3.8, 4) is 22.3 Å². The summed E-state index contributed by atoms with van der Waals surface area (Å²) in [4.78, 5) is 0. The number of allylic oxidation sites excluding steroid dienone is 1. The zero-order chi connectivity index (χ0) is 28.8. The average Bonchev–Trinajstić information content (AvgIpc) is 3.48. The van der Waals surface area contributed by atoms with Crippen LogP contribution in [0.15, 0.2) is 156 Å². The Hall–Kier alpha value is -5.60. The van der Waals surface area contributed by atoms with Gasteiger partial charge in [-0.2, -0.15) is 0 Å². The summed E-state index contributed by atoms with van der Waals surface area (Å²) in [5.74, 6) is 0. The van der Waals surface area contributed by atoms with E-state index < -0.39 is 0 Å². The van der Waals surface area contributed by atoms with Gasteiger partial charge in [-0.05, 0) is 62.5 Å². The number of benzene rings is 7. The first kappa shape index (κ1) is 25.1. The Kier molecular flexibility index (Phi) is 6.05. The summed E-state index contributed by atoms with van der Waals surface area (Å²) in [7, 11) is 0. The molecular weight excluding hydrogens is 522 g/mol. The Labute approximate surface area is 250 Å². The van der Waals surface area contributed by atoms with Gasteiger partial charge in [-0.1, -0.05) is 140 Å². The van der Waals surface area contributed by atoms with Crippen LogP contribution in [0.5, 0.6) is 0 Å². The molecule has 43 heavy (non-hydrogen) atoms. The van der Waals surface area contributed by atoms with Crippen LogP contribution in [0.25, 0.3) is 71.4 Å². The van der Waals surface area contributed by atoms with E-state index in [1.54, 1.807) is 0 Å². The minimum Gasteiger partial charge on any atom is -0.455 e. The van der Waals surface area contributed by atoms with Crippen molar-refractivity contribution < 1.29 is 4.42 Å². The second-order valence-corrected chi connectivity index (χ2v) is 11.1. The summed E-state index contributed by atoms with van der Waals surface area (Å²) in [5, 5.41) is 7.13. The molecule has 0 aliphatic rings. The first-order chi connectivity index (χ1) is 21.2. The molecule has 0 unspecified atom stereocenters. The maximum Gasteiger partial charge on any atom is 0.143 e. The fourth-order valence-corrected chi connectivity index (χ4v) is 6.36. The third-order valence-corrected chi connectivity index (χ3v) is 8.48. The van der Waals surface area contributed by atoms with Crippen molar-refractivity contribution >= 4 is 49.2 Å². The Morgan fingerprint density at radius 3 is 1.93 bits per heavy atom. The van der Waals surface area contributed by atoms with E-state index in [2.05, 4.69) is 146 Å². The van der Waals surface area contributed by atoms with Gasteiger partial charge in [0.2, 0.25) is 0 Å². The highest BCUT2D eigenvalue weighted by atomic mass is 16.3. The molecule has 1 aromatic heterocycles. The van der Waals surface area contributed by atoms with E-state index in [0.29, 0.717) is 0 Å². The fraction of sp³-hybridized carbons (Fsp3) is 0.0244. The van der Waals surface area contributed by atoms with Gasteiger partial charge in [-0.3, -0.25) is 0 Å². The third kappa shape index (κ3) is 4.36. The molecule has 0 saturated heterocycles. The molecule has 1 heterocycles. The average molecular weight is 552 g/mol. The van der Waals surface area contributed by atoms with Crippen molar-refractivity contribution in [1.29, 1.82) is 0 Å². The lowest BCUT2D eigenvalue weighted by Gasteiger charge is -2.09. The molecule has 0 saturated carbocycles. The number of nitrogens with two attached hydrogens (primary N) is 1.